The van der Waals surface area contributed by atoms with Gasteiger partial charge < -0.3 is 25.4 Å². The molecule has 53 heavy (non-hydrogen) atoms. The number of rotatable bonds is 7. The number of anilines is 2. The van der Waals surface area contributed by atoms with E-state index < -0.39 is 11.6 Å². The molecule has 0 bridgehead atoms. The molecule has 1 aliphatic carbocycles. The van der Waals surface area contributed by atoms with Crippen molar-refractivity contribution in [3.63, 3.8) is 0 Å². The topological polar surface area (TPSA) is 152 Å². The number of nitriles is 1. The SMILES string of the molecule is C[C@H]1CN2CCC[C@@]2(COc2nc3c4c(c(Cl)c(-c5ccc(F)c6sc(N)c(C#N)c56)c(F)c4n2)OCC2CC(NC(=O)[C@@H]4N[C@H]4C4CC4)CCN32)C1. The molecule has 2 aromatic heterocycles. The first-order valence-electron chi connectivity index (χ1n) is 18.6. The zero-order valence-corrected chi connectivity index (χ0v) is 30.8. The normalized spacial score (nSPS) is 29.0. The van der Waals surface area contributed by atoms with E-state index in [9.17, 15) is 10.1 Å². The number of nitrogen functional groups attached to an aromatic ring is 1. The summed E-state index contributed by atoms with van der Waals surface area (Å²) < 4.78 is 45.6. The highest BCUT2D eigenvalue weighted by molar-refractivity contribution is 7.23. The first-order chi connectivity index (χ1) is 25.6. The summed E-state index contributed by atoms with van der Waals surface area (Å²) in [5.41, 5.74) is 6.19. The molecule has 0 spiro atoms. The zero-order valence-electron chi connectivity index (χ0n) is 29.2. The van der Waals surface area contributed by atoms with E-state index in [0.29, 0.717) is 49.0 Å². The van der Waals surface area contributed by atoms with Crippen molar-refractivity contribution < 1.29 is 23.0 Å². The molecule has 4 saturated heterocycles. The summed E-state index contributed by atoms with van der Waals surface area (Å²) in [7, 11) is 0. The predicted octanol–water partition coefficient (Wildman–Crippen LogP) is 5.75. The van der Waals surface area contributed by atoms with Crippen molar-refractivity contribution in [2.24, 2.45) is 11.8 Å². The van der Waals surface area contributed by atoms with Crippen LogP contribution in [-0.2, 0) is 4.79 Å². The molecule has 10 rings (SSSR count). The molecule has 1 amide bonds. The van der Waals surface area contributed by atoms with Gasteiger partial charge in [0.1, 0.15) is 47.5 Å². The Morgan fingerprint density at radius 1 is 1.26 bits per heavy atom. The van der Waals surface area contributed by atoms with E-state index in [0.717, 1.165) is 43.7 Å². The smallest absolute Gasteiger partial charge is 0.319 e. The molecule has 15 heteroatoms. The molecule has 4 aromatic rings. The Bertz CT molecular complexity index is 2260. The van der Waals surface area contributed by atoms with Crippen LogP contribution in [0.3, 0.4) is 0 Å². The Labute approximate surface area is 313 Å². The molecule has 2 aromatic carbocycles. The van der Waals surface area contributed by atoms with Crippen LogP contribution in [0, 0.1) is 34.8 Å². The number of hydrogen-bond acceptors (Lipinski definition) is 11. The molecule has 276 valence electrons. The third-order valence-corrected chi connectivity index (χ3v) is 13.8. The van der Waals surface area contributed by atoms with Crippen LogP contribution in [0.4, 0.5) is 19.6 Å². The van der Waals surface area contributed by atoms with Crippen molar-refractivity contribution in [3.8, 4) is 29.0 Å². The Morgan fingerprint density at radius 3 is 2.92 bits per heavy atom. The number of nitrogens with two attached hydrogens (primary N) is 1. The highest BCUT2D eigenvalue weighted by Crippen LogP contribution is 2.52. The van der Waals surface area contributed by atoms with Gasteiger partial charge in [-0.15, -0.1) is 11.3 Å². The van der Waals surface area contributed by atoms with Crippen LogP contribution in [0.15, 0.2) is 12.1 Å². The average molecular weight is 761 g/mol. The first kappa shape index (κ1) is 33.5. The van der Waals surface area contributed by atoms with Gasteiger partial charge in [-0.25, -0.2) is 8.78 Å². The number of nitrogens with zero attached hydrogens (tertiary/aromatic N) is 5. The van der Waals surface area contributed by atoms with E-state index in [1.54, 1.807) is 0 Å². The highest BCUT2D eigenvalue weighted by Gasteiger charge is 2.52. The van der Waals surface area contributed by atoms with Crippen LogP contribution in [0.5, 0.6) is 11.8 Å². The number of nitrogens with one attached hydrogen (secondary N) is 2. The van der Waals surface area contributed by atoms with Crippen molar-refractivity contribution in [2.75, 3.05) is 43.5 Å². The number of piperidine rings is 1. The van der Waals surface area contributed by atoms with Crippen molar-refractivity contribution >= 4 is 60.7 Å². The number of benzene rings is 2. The van der Waals surface area contributed by atoms with Crippen molar-refractivity contribution in [3.05, 3.63) is 34.4 Å². The second-order valence-corrected chi connectivity index (χ2v) is 17.3. The summed E-state index contributed by atoms with van der Waals surface area (Å²) in [6, 6.07) is 4.61. The van der Waals surface area contributed by atoms with E-state index in [1.165, 1.54) is 25.0 Å². The van der Waals surface area contributed by atoms with Gasteiger partial charge >= 0.3 is 6.01 Å². The Kier molecular flexibility index (Phi) is 7.75. The van der Waals surface area contributed by atoms with Crippen LogP contribution in [-0.4, -0.2) is 83.3 Å². The lowest BCUT2D eigenvalue weighted by atomic mass is 9.92. The molecular formula is C38H39ClF2N8O3S. The van der Waals surface area contributed by atoms with E-state index in [1.807, 2.05) is 0 Å². The number of hydrogen-bond donors (Lipinski definition) is 3. The summed E-state index contributed by atoms with van der Waals surface area (Å²) in [5, 5.41) is 17.2. The number of amides is 1. The standard InChI is InChI=1S/C38H39ClF2N8O3S/c1-17-12-38(8-2-9-48(38)14-17)16-52-37-46-30-26-32(27(39)25(28(30)41)21-5-6-23(40)33-24(21)22(13-42)34(43)53-33)51-15-20-11-19(7-10-49(20)35(26)47-37)44-36(50)31-29(45-31)18-3-4-18/h5-6,17-20,29,31,45H,2-4,7-12,14-16,43H2,1H3,(H,44,50)/t17-,19?,20?,29+,31-,38+/m1/s1. The van der Waals surface area contributed by atoms with Gasteiger partial charge in [0, 0.05) is 36.1 Å². The van der Waals surface area contributed by atoms with Crippen molar-refractivity contribution in [1.29, 1.82) is 5.26 Å². The number of fused-ring (bicyclic) bond motifs is 4. The first-order valence-corrected chi connectivity index (χ1v) is 19.8. The van der Waals surface area contributed by atoms with Gasteiger partial charge in [-0.05, 0) is 75.0 Å². The number of aromatic nitrogens is 2. The van der Waals surface area contributed by atoms with Gasteiger partial charge in [0.25, 0.3) is 0 Å². The van der Waals surface area contributed by atoms with Gasteiger partial charge in [0.15, 0.2) is 11.6 Å². The molecule has 5 fully saturated rings. The summed E-state index contributed by atoms with van der Waals surface area (Å²) in [6.07, 6.45) is 6.70. The number of halogens is 3. The molecule has 7 heterocycles. The minimum Gasteiger partial charge on any atom is -0.489 e. The molecule has 6 aliphatic rings. The van der Waals surface area contributed by atoms with Crippen LogP contribution in [0.25, 0.3) is 32.1 Å². The number of carbonyl (C=O) groups is 1. The number of thiophene rings is 1. The molecular weight excluding hydrogens is 722 g/mol. The summed E-state index contributed by atoms with van der Waals surface area (Å²) >= 11 is 8.08. The molecule has 1 saturated carbocycles. The molecule has 6 atom stereocenters. The summed E-state index contributed by atoms with van der Waals surface area (Å²) in [6.45, 7) is 5.38. The zero-order chi connectivity index (χ0) is 36.3. The van der Waals surface area contributed by atoms with Gasteiger partial charge in [-0.1, -0.05) is 24.6 Å². The summed E-state index contributed by atoms with van der Waals surface area (Å²) in [4.78, 5) is 27.4. The van der Waals surface area contributed by atoms with Gasteiger partial charge in [-0.3, -0.25) is 15.0 Å². The molecule has 11 nitrogen and oxygen atoms in total. The highest BCUT2D eigenvalue weighted by atomic mass is 35.5. The van der Waals surface area contributed by atoms with Crippen LogP contribution in [0.1, 0.15) is 57.4 Å². The molecule has 2 unspecified atom stereocenters. The van der Waals surface area contributed by atoms with E-state index >= 15 is 8.78 Å². The number of ether oxygens (including phenoxy) is 2. The average Bonchev–Trinajstić information content (AvgIpc) is 4.04. The van der Waals surface area contributed by atoms with Crippen molar-refractivity contribution in [2.45, 2.75) is 81.6 Å². The minimum atomic E-state index is -0.759. The Balaban J connectivity index is 1.07. The van der Waals surface area contributed by atoms with Crippen molar-refractivity contribution in [1.82, 2.24) is 25.5 Å². The Morgan fingerprint density at radius 2 is 2.11 bits per heavy atom. The van der Waals surface area contributed by atoms with Crippen LogP contribution < -0.4 is 30.7 Å². The van der Waals surface area contributed by atoms with Gasteiger partial charge in [0.05, 0.1) is 32.3 Å². The third kappa shape index (κ3) is 5.33. The molecule has 4 N–H and O–H groups in total. The van der Waals surface area contributed by atoms with E-state index in [2.05, 4.69) is 33.4 Å². The van der Waals surface area contributed by atoms with Crippen LogP contribution >= 0.6 is 22.9 Å². The largest absolute Gasteiger partial charge is 0.489 e. The fraction of sp³-hybridized carbons (Fsp3) is 0.526. The second-order valence-electron chi connectivity index (χ2n) is 15.9. The fourth-order valence-electron chi connectivity index (χ4n) is 9.75. The number of carbonyl (C=O) groups excluding carboxylic acids is 1. The lowest BCUT2D eigenvalue weighted by Gasteiger charge is -2.39. The lowest BCUT2D eigenvalue weighted by molar-refractivity contribution is -0.121. The van der Waals surface area contributed by atoms with Gasteiger partial charge in [-0.2, -0.15) is 15.2 Å². The monoisotopic (exact) mass is 760 g/mol. The maximum atomic E-state index is 17.4. The Hall–Kier alpha value is -4.03. The van der Waals surface area contributed by atoms with Gasteiger partial charge in [0.2, 0.25) is 5.91 Å². The quantitative estimate of drug-likeness (QED) is 0.199. The fourth-order valence-corrected chi connectivity index (χ4v) is 11.0. The third-order valence-electron chi connectivity index (χ3n) is 12.4. The molecule has 5 aliphatic heterocycles. The van der Waals surface area contributed by atoms with E-state index in [-0.39, 0.29) is 96.3 Å². The molecule has 0 radical (unpaired) electrons. The van der Waals surface area contributed by atoms with E-state index in [4.69, 9.17) is 36.8 Å². The maximum Gasteiger partial charge on any atom is 0.319 e. The lowest BCUT2D eigenvalue weighted by Crippen LogP contribution is -2.52. The summed E-state index contributed by atoms with van der Waals surface area (Å²) in [5.74, 6) is 0.507. The second kappa shape index (κ2) is 12.2. The predicted molar refractivity (Wildman–Crippen MR) is 198 cm³/mol. The van der Waals surface area contributed by atoms with Crippen LogP contribution in [0.2, 0.25) is 5.02 Å². The minimum absolute atomic E-state index is 0.0334. The maximum absolute atomic E-state index is 17.4.